The molecular formula is C9H20N2O2. The number of ether oxygens (including phenoxy) is 1. The summed E-state index contributed by atoms with van der Waals surface area (Å²) in [5, 5.41) is 10.2. The van der Waals surface area contributed by atoms with Gasteiger partial charge in [0, 0.05) is 19.5 Å². The van der Waals surface area contributed by atoms with E-state index in [0.717, 1.165) is 19.5 Å². The summed E-state index contributed by atoms with van der Waals surface area (Å²) in [6, 6.07) is 0. The smallest absolute Gasteiger partial charge is 0.119 e. The number of hydrogen-bond donors (Lipinski definition) is 2. The van der Waals surface area contributed by atoms with E-state index < -0.39 is 5.72 Å². The topological polar surface area (TPSA) is 58.7 Å². The lowest BCUT2D eigenvalue weighted by molar-refractivity contribution is -0.145. The maximum Gasteiger partial charge on any atom is 0.119 e. The molecule has 1 rings (SSSR count). The Bertz CT molecular complexity index is 149. The molecule has 78 valence electrons. The molecular weight excluding hydrogens is 168 g/mol. The average Bonchev–Trinajstić information content (AvgIpc) is 2.19. The molecule has 1 aliphatic heterocycles. The van der Waals surface area contributed by atoms with Gasteiger partial charge in [-0.3, -0.25) is 4.90 Å². The van der Waals surface area contributed by atoms with Crippen LogP contribution in [0.1, 0.15) is 19.8 Å². The van der Waals surface area contributed by atoms with Crippen molar-refractivity contribution in [2.75, 3.05) is 32.8 Å². The van der Waals surface area contributed by atoms with Crippen LogP contribution >= 0.6 is 0 Å². The summed E-state index contributed by atoms with van der Waals surface area (Å²) in [6.45, 7) is 5.57. The van der Waals surface area contributed by atoms with Crippen molar-refractivity contribution < 1.29 is 9.84 Å². The summed E-state index contributed by atoms with van der Waals surface area (Å²) in [5.74, 6) is 0. The molecule has 1 aliphatic rings. The number of morpholine rings is 1. The number of nitrogens with two attached hydrogens (primary N) is 1. The van der Waals surface area contributed by atoms with Crippen LogP contribution < -0.4 is 5.73 Å². The van der Waals surface area contributed by atoms with Crippen LogP contribution in [0.3, 0.4) is 0 Å². The van der Waals surface area contributed by atoms with E-state index in [2.05, 4.69) is 4.90 Å². The van der Waals surface area contributed by atoms with E-state index in [0.29, 0.717) is 26.2 Å². The van der Waals surface area contributed by atoms with Gasteiger partial charge in [0.2, 0.25) is 0 Å². The predicted molar refractivity (Wildman–Crippen MR) is 51.3 cm³/mol. The van der Waals surface area contributed by atoms with Crippen molar-refractivity contribution in [2.45, 2.75) is 25.5 Å². The first-order chi connectivity index (χ1) is 6.23. The summed E-state index contributed by atoms with van der Waals surface area (Å²) in [6.07, 6.45) is 1.37. The molecule has 0 bridgehead atoms. The highest BCUT2D eigenvalue weighted by atomic mass is 16.5. The van der Waals surface area contributed by atoms with Crippen LogP contribution in [-0.2, 0) is 4.74 Å². The minimum Gasteiger partial charge on any atom is -0.379 e. The molecule has 1 heterocycles. The maximum absolute atomic E-state index is 10.2. The van der Waals surface area contributed by atoms with Gasteiger partial charge >= 0.3 is 0 Å². The summed E-state index contributed by atoms with van der Waals surface area (Å²) in [4.78, 5) is 2.07. The fourth-order valence-electron chi connectivity index (χ4n) is 1.77. The molecule has 0 aromatic heterocycles. The number of rotatable bonds is 4. The van der Waals surface area contributed by atoms with Gasteiger partial charge in [-0.05, 0) is 13.0 Å². The fourth-order valence-corrected chi connectivity index (χ4v) is 1.77. The molecule has 0 amide bonds. The molecule has 0 radical (unpaired) electrons. The van der Waals surface area contributed by atoms with E-state index in [-0.39, 0.29) is 0 Å². The lowest BCUT2D eigenvalue weighted by Gasteiger charge is -2.41. The molecule has 1 saturated heterocycles. The molecule has 0 aliphatic carbocycles. The van der Waals surface area contributed by atoms with Gasteiger partial charge in [-0.25, -0.2) is 0 Å². The zero-order chi connectivity index (χ0) is 9.73. The van der Waals surface area contributed by atoms with E-state index in [1.165, 1.54) is 0 Å². The van der Waals surface area contributed by atoms with Crippen LogP contribution in [0.25, 0.3) is 0 Å². The molecule has 0 aromatic carbocycles. The second-order valence-corrected chi connectivity index (χ2v) is 3.47. The normalized spacial score (nSPS) is 24.2. The summed E-state index contributed by atoms with van der Waals surface area (Å²) in [7, 11) is 0. The van der Waals surface area contributed by atoms with E-state index in [9.17, 15) is 5.11 Å². The van der Waals surface area contributed by atoms with Crippen molar-refractivity contribution in [1.29, 1.82) is 0 Å². The van der Waals surface area contributed by atoms with Gasteiger partial charge < -0.3 is 15.6 Å². The Morgan fingerprint density at radius 3 is 2.54 bits per heavy atom. The van der Waals surface area contributed by atoms with E-state index in [1.54, 1.807) is 0 Å². The Labute approximate surface area is 79.7 Å². The van der Waals surface area contributed by atoms with Gasteiger partial charge in [-0.1, -0.05) is 6.92 Å². The molecule has 4 heteroatoms. The maximum atomic E-state index is 10.2. The molecule has 1 unspecified atom stereocenters. The van der Waals surface area contributed by atoms with Gasteiger partial charge in [0.15, 0.2) is 0 Å². The highest BCUT2D eigenvalue weighted by Gasteiger charge is 2.32. The molecule has 1 atom stereocenters. The Morgan fingerprint density at radius 1 is 1.46 bits per heavy atom. The zero-order valence-corrected chi connectivity index (χ0v) is 8.33. The quantitative estimate of drug-likeness (QED) is 0.639. The first kappa shape index (κ1) is 10.9. The van der Waals surface area contributed by atoms with Crippen molar-refractivity contribution in [2.24, 2.45) is 5.73 Å². The van der Waals surface area contributed by atoms with Crippen LogP contribution in [0.4, 0.5) is 0 Å². The lowest BCUT2D eigenvalue weighted by atomic mass is 10.0. The minimum atomic E-state index is -0.710. The standard InChI is InChI=1S/C9H20N2O2/c1-2-9(12,3-4-10)11-5-7-13-8-6-11/h12H,2-8,10H2,1H3. The SMILES string of the molecule is CCC(O)(CCN)N1CCOCC1. The molecule has 3 N–H and O–H groups in total. The fraction of sp³-hybridized carbons (Fsp3) is 1.00. The third kappa shape index (κ3) is 2.64. The van der Waals surface area contributed by atoms with Crippen molar-refractivity contribution >= 4 is 0 Å². The van der Waals surface area contributed by atoms with Crippen molar-refractivity contribution in [3.05, 3.63) is 0 Å². The highest BCUT2D eigenvalue weighted by Crippen LogP contribution is 2.21. The Morgan fingerprint density at radius 2 is 2.08 bits per heavy atom. The van der Waals surface area contributed by atoms with E-state index >= 15 is 0 Å². The Kier molecular flexibility index (Phi) is 4.12. The van der Waals surface area contributed by atoms with Crippen LogP contribution in [0.2, 0.25) is 0 Å². The van der Waals surface area contributed by atoms with Crippen LogP contribution in [0, 0.1) is 0 Å². The summed E-state index contributed by atoms with van der Waals surface area (Å²) < 4.78 is 5.23. The molecule has 13 heavy (non-hydrogen) atoms. The number of nitrogens with zero attached hydrogens (tertiary/aromatic N) is 1. The van der Waals surface area contributed by atoms with Crippen molar-refractivity contribution in [3.63, 3.8) is 0 Å². The number of aliphatic hydroxyl groups is 1. The first-order valence-corrected chi connectivity index (χ1v) is 4.98. The zero-order valence-electron chi connectivity index (χ0n) is 8.33. The average molecular weight is 188 g/mol. The predicted octanol–water partition coefficient (Wildman–Crippen LogP) is -0.234. The monoisotopic (exact) mass is 188 g/mol. The highest BCUT2D eigenvalue weighted by molar-refractivity contribution is 4.80. The van der Waals surface area contributed by atoms with Gasteiger partial charge in [0.05, 0.1) is 13.2 Å². The second-order valence-electron chi connectivity index (χ2n) is 3.47. The van der Waals surface area contributed by atoms with E-state index in [1.807, 2.05) is 6.92 Å². The molecule has 0 aromatic rings. The molecule has 0 spiro atoms. The van der Waals surface area contributed by atoms with Gasteiger partial charge in [0.1, 0.15) is 5.72 Å². The largest absolute Gasteiger partial charge is 0.379 e. The Balaban J connectivity index is 2.51. The minimum absolute atomic E-state index is 0.529. The Hall–Kier alpha value is -0.160. The molecule has 4 nitrogen and oxygen atoms in total. The van der Waals surface area contributed by atoms with Gasteiger partial charge in [-0.2, -0.15) is 0 Å². The third-order valence-corrected chi connectivity index (χ3v) is 2.71. The van der Waals surface area contributed by atoms with Crippen molar-refractivity contribution in [1.82, 2.24) is 4.90 Å². The second kappa shape index (κ2) is 4.91. The lowest BCUT2D eigenvalue weighted by Crippen LogP contribution is -2.54. The van der Waals surface area contributed by atoms with Crippen molar-refractivity contribution in [3.8, 4) is 0 Å². The third-order valence-electron chi connectivity index (χ3n) is 2.71. The van der Waals surface area contributed by atoms with E-state index in [4.69, 9.17) is 10.5 Å². The van der Waals surface area contributed by atoms with Crippen LogP contribution in [0.5, 0.6) is 0 Å². The molecule has 0 saturated carbocycles. The summed E-state index contributed by atoms with van der Waals surface area (Å²) >= 11 is 0. The molecule has 1 fully saturated rings. The first-order valence-electron chi connectivity index (χ1n) is 4.98. The summed E-state index contributed by atoms with van der Waals surface area (Å²) in [5.41, 5.74) is 4.77. The van der Waals surface area contributed by atoms with Crippen LogP contribution in [0.15, 0.2) is 0 Å². The van der Waals surface area contributed by atoms with Gasteiger partial charge in [0.25, 0.3) is 0 Å². The number of hydrogen-bond acceptors (Lipinski definition) is 4. The van der Waals surface area contributed by atoms with Gasteiger partial charge in [-0.15, -0.1) is 0 Å². The van der Waals surface area contributed by atoms with Crippen LogP contribution in [-0.4, -0.2) is 48.6 Å².